The number of nitrogens with zero attached hydrogens (tertiary/aromatic N) is 1. The highest BCUT2D eigenvalue weighted by atomic mass is 32.1. The topological polar surface area (TPSA) is 27.1 Å². The molecule has 0 aliphatic carbocycles. The van der Waals surface area contributed by atoms with E-state index >= 15 is 0 Å². The van der Waals surface area contributed by atoms with E-state index in [1.165, 1.54) is 0 Å². The molecule has 1 N–H and O–H groups in total. The minimum absolute atomic E-state index is 0.556. The molecule has 1 aromatic rings. The second-order valence-corrected chi connectivity index (χ2v) is 3.52. The summed E-state index contributed by atoms with van der Waals surface area (Å²) in [4.78, 5) is 2.87. The van der Waals surface area contributed by atoms with Crippen LogP contribution in [0.1, 0.15) is 19.4 Å². The van der Waals surface area contributed by atoms with E-state index in [2.05, 4.69) is 26.5 Å². The second-order valence-electron chi connectivity index (χ2n) is 3.04. The third-order valence-corrected chi connectivity index (χ3v) is 2.63. The van der Waals surface area contributed by atoms with Crippen molar-refractivity contribution in [1.29, 1.82) is 5.41 Å². The summed E-state index contributed by atoms with van der Waals surface area (Å²) in [5.74, 6) is 0.556. The standard InChI is InChI=1S/C11H16N2S/c1-3-13(4-2)11(12)9-7-5-6-8-10(9)14/h5-8,12,14H,3-4H2,1-2H3. The highest BCUT2D eigenvalue weighted by Crippen LogP contribution is 2.14. The predicted molar refractivity (Wildman–Crippen MR) is 63.4 cm³/mol. The lowest BCUT2D eigenvalue weighted by atomic mass is 10.2. The number of rotatable bonds is 3. The summed E-state index contributed by atoms with van der Waals surface area (Å²) < 4.78 is 0. The van der Waals surface area contributed by atoms with Gasteiger partial charge in [0.15, 0.2) is 0 Å². The van der Waals surface area contributed by atoms with Gasteiger partial charge in [-0.25, -0.2) is 0 Å². The number of amidine groups is 1. The van der Waals surface area contributed by atoms with Crippen LogP contribution in [0, 0.1) is 5.41 Å². The number of hydrogen-bond acceptors (Lipinski definition) is 2. The Morgan fingerprint density at radius 1 is 1.29 bits per heavy atom. The number of hydrogen-bond donors (Lipinski definition) is 2. The van der Waals surface area contributed by atoms with E-state index in [0.717, 1.165) is 23.5 Å². The fourth-order valence-corrected chi connectivity index (χ4v) is 1.65. The van der Waals surface area contributed by atoms with Gasteiger partial charge >= 0.3 is 0 Å². The molecule has 0 radical (unpaired) electrons. The third-order valence-electron chi connectivity index (χ3n) is 2.24. The monoisotopic (exact) mass is 208 g/mol. The van der Waals surface area contributed by atoms with Crippen molar-refractivity contribution in [3.63, 3.8) is 0 Å². The van der Waals surface area contributed by atoms with Crippen molar-refractivity contribution in [2.75, 3.05) is 13.1 Å². The van der Waals surface area contributed by atoms with Crippen LogP contribution in [0.25, 0.3) is 0 Å². The van der Waals surface area contributed by atoms with Crippen LogP contribution in [0.3, 0.4) is 0 Å². The first-order valence-corrected chi connectivity index (χ1v) is 5.27. The second kappa shape index (κ2) is 5.05. The summed E-state index contributed by atoms with van der Waals surface area (Å²) in [6, 6.07) is 7.72. The van der Waals surface area contributed by atoms with E-state index < -0.39 is 0 Å². The molecule has 1 rings (SSSR count). The van der Waals surface area contributed by atoms with Crippen molar-refractivity contribution < 1.29 is 0 Å². The molecule has 3 heteroatoms. The summed E-state index contributed by atoms with van der Waals surface area (Å²) in [7, 11) is 0. The Morgan fingerprint density at radius 2 is 1.86 bits per heavy atom. The van der Waals surface area contributed by atoms with Crippen molar-refractivity contribution in [2.45, 2.75) is 18.7 Å². The van der Waals surface area contributed by atoms with E-state index in [4.69, 9.17) is 5.41 Å². The quantitative estimate of drug-likeness (QED) is 0.446. The average molecular weight is 208 g/mol. The zero-order chi connectivity index (χ0) is 10.6. The Kier molecular flexibility index (Phi) is 4.01. The molecule has 0 aromatic heterocycles. The molecule has 14 heavy (non-hydrogen) atoms. The van der Waals surface area contributed by atoms with Crippen molar-refractivity contribution in [3.05, 3.63) is 29.8 Å². The first-order chi connectivity index (χ1) is 6.70. The van der Waals surface area contributed by atoms with E-state index in [1.54, 1.807) is 0 Å². The summed E-state index contributed by atoms with van der Waals surface area (Å²) in [5.41, 5.74) is 0.902. The Bertz CT molecular complexity index is 319. The highest BCUT2D eigenvalue weighted by Gasteiger charge is 2.09. The maximum atomic E-state index is 8.00. The van der Waals surface area contributed by atoms with Crippen LogP contribution < -0.4 is 0 Å². The van der Waals surface area contributed by atoms with Crippen LogP contribution >= 0.6 is 12.6 Å². The molecule has 0 amide bonds. The van der Waals surface area contributed by atoms with Gasteiger partial charge in [0.2, 0.25) is 0 Å². The predicted octanol–water partition coefficient (Wildman–Crippen LogP) is 2.64. The minimum atomic E-state index is 0.556. The molecule has 1 aromatic carbocycles. The van der Waals surface area contributed by atoms with Crippen molar-refractivity contribution in [1.82, 2.24) is 4.90 Å². The Hall–Kier alpha value is -0.960. The molecule has 0 aliphatic rings. The lowest BCUT2D eigenvalue weighted by molar-refractivity contribution is 0.463. The van der Waals surface area contributed by atoms with E-state index in [-0.39, 0.29) is 0 Å². The van der Waals surface area contributed by atoms with Gasteiger partial charge in [-0.2, -0.15) is 0 Å². The lowest BCUT2D eigenvalue weighted by Gasteiger charge is -2.22. The molecule has 0 heterocycles. The lowest BCUT2D eigenvalue weighted by Crippen LogP contribution is -2.30. The van der Waals surface area contributed by atoms with Crippen molar-refractivity contribution in [2.24, 2.45) is 0 Å². The summed E-state index contributed by atoms with van der Waals surface area (Å²) in [6.07, 6.45) is 0. The zero-order valence-corrected chi connectivity index (χ0v) is 9.51. The summed E-state index contributed by atoms with van der Waals surface area (Å²) in [5, 5.41) is 8.00. The van der Waals surface area contributed by atoms with Crippen LogP contribution in [0.5, 0.6) is 0 Å². The van der Waals surface area contributed by atoms with E-state index in [1.807, 2.05) is 29.2 Å². The first kappa shape index (κ1) is 11.1. The van der Waals surface area contributed by atoms with Crippen LogP contribution in [0.4, 0.5) is 0 Å². The number of benzene rings is 1. The maximum Gasteiger partial charge on any atom is 0.129 e. The Morgan fingerprint density at radius 3 is 2.36 bits per heavy atom. The number of thiol groups is 1. The highest BCUT2D eigenvalue weighted by molar-refractivity contribution is 7.80. The van der Waals surface area contributed by atoms with Crippen LogP contribution in [0.2, 0.25) is 0 Å². The minimum Gasteiger partial charge on any atom is -0.357 e. The van der Waals surface area contributed by atoms with Gasteiger partial charge in [0.25, 0.3) is 0 Å². The normalized spacial score (nSPS) is 9.93. The molecule has 0 saturated carbocycles. The maximum absolute atomic E-state index is 8.00. The SMILES string of the molecule is CCN(CC)C(=N)c1ccccc1S. The molecule has 2 nitrogen and oxygen atoms in total. The fraction of sp³-hybridized carbons (Fsp3) is 0.364. The van der Waals surface area contributed by atoms with Crippen molar-refractivity contribution in [3.8, 4) is 0 Å². The van der Waals surface area contributed by atoms with Gasteiger partial charge < -0.3 is 4.90 Å². The first-order valence-electron chi connectivity index (χ1n) is 4.82. The molecular weight excluding hydrogens is 192 g/mol. The largest absolute Gasteiger partial charge is 0.357 e. The molecule has 0 bridgehead atoms. The number of nitrogens with one attached hydrogen (secondary N) is 1. The molecule has 76 valence electrons. The van der Waals surface area contributed by atoms with Crippen LogP contribution in [0.15, 0.2) is 29.2 Å². The third kappa shape index (κ3) is 2.29. The molecule has 0 atom stereocenters. The Balaban J connectivity index is 2.94. The fourth-order valence-electron chi connectivity index (χ4n) is 1.38. The summed E-state index contributed by atoms with van der Waals surface area (Å²) >= 11 is 4.34. The molecule has 0 spiro atoms. The summed E-state index contributed by atoms with van der Waals surface area (Å²) in [6.45, 7) is 5.83. The van der Waals surface area contributed by atoms with Gasteiger partial charge in [-0.3, -0.25) is 5.41 Å². The van der Waals surface area contributed by atoms with Gasteiger partial charge in [0.1, 0.15) is 5.84 Å². The molecule has 0 unspecified atom stereocenters. The average Bonchev–Trinajstić information content (AvgIpc) is 2.20. The van der Waals surface area contributed by atoms with Gasteiger partial charge in [0.05, 0.1) is 0 Å². The molecular formula is C11H16N2S. The van der Waals surface area contributed by atoms with Crippen LogP contribution in [-0.2, 0) is 0 Å². The van der Waals surface area contributed by atoms with Gasteiger partial charge in [0, 0.05) is 23.5 Å². The van der Waals surface area contributed by atoms with Crippen molar-refractivity contribution >= 4 is 18.5 Å². The molecule has 0 aliphatic heterocycles. The van der Waals surface area contributed by atoms with Crippen LogP contribution in [-0.4, -0.2) is 23.8 Å². The van der Waals surface area contributed by atoms with Gasteiger partial charge in [-0.05, 0) is 19.9 Å². The molecule has 0 saturated heterocycles. The molecule has 0 fully saturated rings. The van der Waals surface area contributed by atoms with Gasteiger partial charge in [-0.15, -0.1) is 12.6 Å². The zero-order valence-electron chi connectivity index (χ0n) is 8.62. The van der Waals surface area contributed by atoms with E-state index in [0.29, 0.717) is 5.84 Å². The Labute approximate surface area is 90.9 Å². The smallest absolute Gasteiger partial charge is 0.129 e. The van der Waals surface area contributed by atoms with Gasteiger partial charge in [-0.1, -0.05) is 18.2 Å². The van der Waals surface area contributed by atoms with E-state index in [9.17, 15) is 0 Å².